The van der Waals surface area contributed by atoms with Crippen LogP contribution in [0.5, 0.6) is 0 Å². The van der Waals surface area contributed by atoms with Crippen LogP contribution in [0, 0.1) is 0 Å². The highest BCUT2D eigenvalue weighted by molar-refractivity contribution is 5.83. The van der Waals surface area contributed by atoms with Gasteiger partial charge < -0.3 is 10.4 Å². The van der Waals surface area contributed by atoms with E-state index in [1.54, 1.807) is 0 Å². The maximum Gasteiger partial charge on any atom is 0.326 e. The molecule has 1 atom stereocenters. The Morgan fingerprint density at radius 2 is 1.53 bits per heavy atom. The molecule has 0 fully saturated rings. The summed E-state index contributed by atoms with van der Waals surface area (Å²) in [5.41, 5.74) is 0. The summed E-state index contributed by atoms with van der Waals surface area (Å²) in [4.78, 5) is 22.6. The summed E-state index contributed by atoms with van der Waals surface area (Å²) in [7, 11) is 0. The third-order valence-electron chi connectivity index (χ3n) is 3.24. The van der Waals surface area contributed by atoms with Crippen LogP contribution in [0.4, 0.5) is 0 Å². The molecule has 0 radical (unpaired) electrons. The molecule has 0 aromatic rings. The van der Waals surface area contributed by atoms with E-state index in [0.29, 0.717) is 12.8 Å². The van der Waals surface area contributed by atoms with Gasteiger partial charge in [0, 0.05) is 6.42 Å². The van der Waals surface area contributed by atoms with Gasteiger partial charge in [0.15, 0.2) is 0 Å². The summed E-state index contributed by atoms with van der Waals surface area (Å²) in [6.45, 7) is 4.19. The predicted octanol–water partition coefficient (Wildman–Crippen LogP) is 3.50. The molecule has 19 heavy (non-hydrogen) atoms. The van der Waals surface area contributed by atoms with Crippen LogP contribution in [-0.2, 0) is 9.59 Å². The number of nitrogens with one attached hydrogen (secondary N) is 1. The molecular weight excluding hydrogens is 242 g/mol. The van der Waals surface area contributed by atoms with Crippen molar-refractivity contribution in [2.75, 3.05) is 0 Å². The Bertz CT molecular complexity index is 254. The zero-order chi connectivity index (χ0) is 14.5. The smallest absolute Gasteiger partial charge is 0.326 e. The van der Waals surface area contributed by atoms with E-state index in [1.165, 1.54) is 25.7 Å². The number of unbranched alkanes of at least 4 members (excludes halogenated alkanes) is 6. The van der Waals surface area contributed by atoms with Gasteiger partial charge in [0.2, 0.25) is 5.91 Å². The predicted molar refractivity (Wildman–Crippen MR) is 77.1 cm³/mol. The lowest BCUT2D eigenvalue weighted by atomic mass is 10.1. The number of hydrogen-bond donors (Lipinski definition) is 2. The van der Waals surface area contributed by atoms with E-state index >= 15 is 0 Å². The van der Waals surface area contributed by atoms with Crippen molar-refractivity contribution in [3.05, 3.63) is 0 Å². The standard InChI is InChI=1S/C15H29NO3/c1-3-5-7-8-9-10-12-14(17)16-13(15(18)19)11-6-4-2/h13H,3-12H2,1-2H3,(H,16,17)(H,18,19)/t13-/m0/s1. The Kier molecular flexibility index (Phi) is 11.3. The van der Waals surface area contributed by atoms with Gasteiger partial charge in [-0.3, -0.25) is 4.79 Å². The van der Waals surface area contributed by atoms with Gasteiger partial charge in [-0.05, 0) is 12.8 Å². The first kappa shape index (κ1) is 17.9. The fourth-order valence-corrected chi connectivity index (χ4v) is 2.00. The molecule has 4 heteroatoms. The van der Waals surface area contributed by atoms with E-state index < -0.39 is 12.0 Å². The SMILES string of the molecule is CCCCCCCCC(=O)N[C@@H](CCCC)C(=O)O. The van der Waals surface area contributed by atoms with Crippen molar-refractivity contribution in [3.63, 3.8) is 0 Å². The summed E-state index contributed by atoms with van der Waals surface area (Å²) >= 11 is 0. The average molecular weight is 271 g/mol. The second-order valence-electron chi connectivity index (χ2n) is 5.12. The Morgan fingerprint density at radius 3 is 2.11 bits per heavy atom. The minimum Gasteiger partial charge on any atom is -0.480 e. The zero-order valence-electron chi connectivity index (χ0n) is 12.4. The van der Waals surface area contributed by atoms with Gasteiger partial charge in [0.25, 0.3) is 0 Å². The van der Waals surface area contributed by atoms with Crippen molar-refractivity contribution >= 4 is 11.9 Å². The summed E-state index contributed by atoms with van der Waals surface area (Å²) in [5.74, 6) is -1.05. The molecule has 0 spiro atoms. The van der Waals surface area contributed by atoms with Gasteiger partial charge >= 0.3 is 5.97 Å². The summed E-state index contributed by atoms with van der Waals surface area (Å²) in [6.07, 6.45) is 9.52. The summed E-state index contributed by atoms with van der Waals surface area (Å²) in [6, 6.07) is -0.715. The third-order valence-corrected chi connectivity index (χ3v) is 3.24. The summed E-state index contributed by atoms with van der Waals surface area (Å²) in [5, 5.41) is 11.6. The number of carboxylic acid groups (broad SMARTS) is 1. The van der Waals surface area contributed by atoms with Crippen LogP contribution in [0.25, 0.3) is 0 Å². The van der Waals surface area contributed by atoms with Crippen LogP contribution in [-0.4, -0.2) is 23.0 Å². The molecule has 0 aliphatic heterocycles. The quantitative estimate of drug-likeness (QED) is 0.534. The number of carboxylic acids is 1. The molecule has 0 saturated heterocycles. The largest absolute Gasteiger partial charge is 0.480 e. The lowest BCUT2D eigenvalue weighted by Gasteiger charge is -2.13. The van der Waals surface area contributed by atoms with Crippen molar-refractivity contribution in [1.82, 2.24) is 5.32 Å². The fraction of sp³-hybridized carbons (Fsp3) is 0.867. The first-order valence-electron chi connectivity index (χ1n) is 7.64. The monoisotopic (exact) mass is 271 g/mol. The van der Waals surface area contributed by atoms with Crippen molar-refractivity contribution in [1.29, 1.82) is 0 Å². The van der Waals surface area contributed by atoms with Crippen LogP contribution in [0.2, 0.25) is 0 Å². The first-order valence-corrected chi connectivity index (χ1v) is 7.64. The number of aliphatic carboxylic acids is 1. The van der Waals surface area contributed by atoms with Crippen LogP contribution in [0.1, 0.15) is 78.1 Å². The second-order valence-corrected chi connectivity index (χ2v) is 5.12. The molecule has 4 nitrogen and oxygen atoms in total. The number of hydrogen-bond acceptors (Lipinski definition) is 2. The van der Waals surface area contributed by atoms with Gasteiger partial charge in [-0.1, -0.05) is 58.8 Å². The Morgan fingerprint density at radius 1 is 0.947 bits per heavy atom. The summed E-state index contributed by atoms with van der Waals surface area (Å²) < 4.78 is 0. The maximum atomic E-state index is 11.6. The van der Waals surface area contributed by atoms with Gasteiger partial charge in [-0.2, -0.15) is 0 Å². The Labute approximate surface area is 117 Å². The molecule has 0 bridgehead atoms. The van der Waals surface area contributed by atoms with Gasteiger partial charge in [-0.15, -0.1) is 0 Å². The lowest BCUT2D eigenvalue weighted by Crippen LogP contribution is -2.40. The fourth-order valence-electron chi connectivity index (χ4n) is 2.00. The minimum atomic E-state index is -0.926. The maximum absolute atomic E-state index is 11.6. The second kappa shape index (κ2) is 12.0. The van der Waals surface area contributed by atoms with Gasteiger partial charge in [0.05, 0.1) is 0 Å². The molecule has 0 aromatic heterocycles. The van der Waals surface area contributed by atoms with E-state index in [1.807, 2.05) is 6.92 Å². The highest BCUT2D eigenvalue weighted by Crippen LogP contribution is 2.07. The topological polar surface area (TPSA) is 66.4 Å². The molecule has 0 rings (SSSR count). The van der Waals surface area contributed by atoms with E-state index in [4.69, 9.17) is 5.11 Å². The Balaban J connectivity index is 3.71. The normalized spacial score (nSPS) is 12.1. The highest BCUT2D eigenvalue weighted by atomic mass is 16.4. The van der Waals surface area contributed by atoms with Crippen molar-refractivity contribution in [3.8, 4) is 0 Å². The van der Waals surface area contributed by atoms with Crippen LogP contribution in [0.3, 0.4) is 0 Å². The Hall–Kier alpha value is -1.06. The van der Waals surface area contributed by atoms with Crippen molar-refractivity contribution in [2.24, 2.45) is 0 Å². The number of carbonyl (C=O) groups is 2. The number of rotatable bonds is 12. The van der Waals surface area contributed by atoms with Crippen molar-refractivity contribution < 1.29 is 14.7 Å². The van der Waals surface area contributed by atoms with Crippen molar-refractivity contribution in [2.45, 2.75) is 84.1 Å². The van der Waals surface area contributed by atoms with Crippen LogP contribution >= 0.6 is 0 Å². The lowest BCUT2D eigenvalue weighted by molar-refractivity contribution is -0.142. The van der Waals surface area contributed by atoms with E-state index in [2.05, 4.69) is 12.2 Å². The molecule has 1 amide bonds. The molecule has 2 N–H and O–H groups in total. The average Bonchev–Trinajstić information content (AvgIpc) is 2.38. The van der Waals surface area contributed by atoms with E-state index in [9.17, 15) is 9.59 Å². The molecule has 0 unspecified atom stereocenters. The van der Waals surface area contributed by atoms with Crippen LogP contribution in [0.15, 0.2) is 0 Å². The zero-order valence-corrected chi connectivity index (χ0v) is 12.4. The molecule has 0 heterocycles. The van der Waals surface area contributed by atoms with Gasteiger partial charge in [-0.25, -0.2) is 4.79 Å². The third kappa shape index (κ3) is 10.5. The molecular formula is C15H29NO3. The van der Waals surface area contributed by atoms with E-state index in [-0.39, 0.29) is 5.91 Å². The number of amides is 1. The first-order chi connectivity index (χ1) is 9.11. The number of carbonyl (C=O) groups excluding carboxylic acids is 1. The van der Waals surface area contributed by atoms with Crippen LogP contribution < -0.4 is 5.32 Å². The minimum absolute atomic E-state index is 0.126. The molecule has 0 saturated carbocycles. The highest BCUT2D eigenvalue weighted by Gasteiger charge is 2.18. The molecule has 112 valence electrons. The molecule has 0 aliphatic carbocycles. The molecule has 0 aromatic carbocycles. The van der Waals surface area contributed by atoms with E-state index in [0.717, 1.165) is 25.7 Å². The molecule has 0 aliphatic rings. The van der Waals surface area contributed by atoms with Gasteiger partial charge in [0.1, 0.15) is 6.04 Å².